The van der Waals surface area contributed by atoms with Crippen molar-refractivity contribution in [2.45, 2.75) is 65.6 Å². The smallest absolute Gasteiger partial charge is 0.311 e. The van der Waals surface area contributed by atoms with Crippen molar-refractivity contribution >= 4 is 11.9 Å². The molecule has 0 bridgehead atoms. The third-order valence-corrected chi connectivity index (χ3v) is 3.19. The Morgan fingerprint density at radius 3 is 2.28 bits per heavy atom. The molecule has 0 aromatic heterocycles. The predicted molar refractivity (Wildman–Crippen MR) is 67.7 cm³/mol. The van der Waals surface area contributed by atoms with Crippen LogP contribution in [-0.4, -0.2) is 18.2 Å². The molecule has 0 N–H and O–H groups in total. The van der Waals surface area contributed by atoms with Gasteiger partial charge in [-0.2, -0.15) is 0 Å². The van der Waals surface area contributed by atoms with Gasteiger partial charge in [-0.15, -0.1) is 0 Å². The van der Waals surface area contributed by atoms with Gasteiger partial charge >= 0.3 is 11.9 Å². The zero-order chi connectivity index (χ0) is 13.5. The van der Waals surface area contributed by atoms with Crippen LogP contribution >= 0.6 is 0 Å². The molecule has 18 heavy (non-hydrogen) atoms. The van der Waals surface area contributed by atoms with Crippen LogP contribution in [0.3, 0.4) is 0 Å². The molecule has 4 heteroatoms. The van der Waals surface area contributed by atoms with Crippen molar-refractivity contribution in [3.63, 3.8) is 0 Å². The van der Waals surface area contributed by atoms with Crippen molar-refractivity contribution in [2.24, 2.45) is 11.8 Å². The monoisotopic (exact) mass is 256 g/mol. The van der Waals surface area contributed by atoms with Gasteiger partial charge in [-0.25, -0.2) is 0 Å². The number of carbonyl (C=O) groups is 2. The van der Waals surface area contributed by atoms with Gasteiger partial charge < -0.3 is 9.47 Å². The second-order valence-electron chi connectivity index (χ2n) is 5.24. The van der Waals surface area contributed by atoms with E-state index in [1.54, 1.807) is 13.8 Å². The van der Waals surface area contributed by atoms with Gasteiger partial charge in [-0.1, -0.05) is 33.6 Å². The fourth-order valence-corrected chi connectivity index (χ4v) is 2.09. The highest BCUT2D eigenvalue weighted by Crippen LogP contribution is 2.30. The van der Waals surface area contributed by atoms with Gasteiger partial charge in [0.2, 0.25) is 6.29 Å². The van der Waals surface area contributed by atoms with Crippen LogP contribution in [-0.2, 0) is 19.1 Å². The van der Waals surface area contributed by atoms with Crippen LogP contribution in [0, 0.1) is 11.8 Å². The lowest BCUT2D eigenvalue weighted by atomic mass is 10.1. The molecule has 1 fully saturated rings. The molecule has 0 heterocycles. The Bertz CT molecular complexity index is 280. The van der Waals surface area contributed by atoms with E-state index in [4.69, 9.17) is 9.47 Å². The molecule has 0 radical (unpaired) electrons. The van der Waals surface area contributed by atoms with E-state index in [9.17, 15) is 9.59 Å². The minimum Gasteiger partial charge on any atom is -0.425 e. The molecule has 1 aliphatic carbocycles. The molecular weight excluding hydrogens is 232 g/mol. The van der Waals surface area contributed by atoms with Crippen molar-refractivity contribution in [1.82, 2.24) is 0 Å². The van der Waals surface area contributed by atoms with Gasteiger partial charge in [-0.05, 0) is 19.3 Å². The van der Waals surface area contributed by atoms with Crippen LogP contribution in [0.1, 0.15) is 59.3 Å². The van der Waals surface area contributed by atoms with Gasteiger partial charge in [-0.3, -0.25) is 9.59 Å². The van der Waals surface area contributed by atoms with Gasteiger partial charge in [0.05, 0.1) is 5.92 Å². The average Bonchev–Trinajstić information content (AvgIpc) is 2.81. The standard InChI is InChI=1S/C14H24O4/c1-4-7-12(15)17-14(11-8-5-6-9-11)18-13(16)10(2)3/h10-11,14H,4-9H2,1-3H3. The zero-order valence-electron chi connectivity index (χ0n) is 11.6. The van der Waals surface area contributed by atoms with Gasteiger partial charge in [0.25, 0.3) is 0 Å². The van der Waals surface area contributed by atoms with Crippen molar-refractivity contribution in [3.05, 3.63) is 0 Å². The van der Waals surface area contributed by atoms with Crippen molar-refractivity contribution < 1.29 is 19.1 Å². The van der Waals surface area contributed by atoms with Crippen LogP contribution < -0.4 is 0 Å². The van der Waals surface area contributed by atoms with Gasteiger partial charge in [0, 0.05) is 12.3 Å². The average molecular weight is 256 g/mol. The molecule has 4 nitrogen and oxygen atoms in total. The van der Waals surface area contributed by atoms with E-state index in [2.05, 4.69) is 0 Å². The molecular formula is C14H24O4. The second kappa shape index (κ2) is 7.39. The number of hydrogen-bond acceptors (Lipinski definition) is 4. The lowest BCUT2D eigenvalue weighted by Crippen LogP contribution is -2.32. The number of ether oxygens (including phenoxy) is 2. The lowest BCUT2D eigenvalue weighted by molar-refractivity contribution is -0.200. The number of esters is 2. The summed E-state index contributed by atoms with van der Waals surface area (Å²) in [6.45, 7) is 5.48. The maximum absolute atomic E-state index is 11.6. The van der Waals surface area contributed by atoms with Crippen LogP contribution in [0.2, 0.25) is 0 Å². The van der Waals surface area contributed by atoms with E-state index in [0.717, 1.165) is 32.1 Å². The maximum atomic E-state index is 11.6. The second-order valence-corrected chi connectivity index (χ2v) is 5.24. The fraction of sp³-hybridized carbons (Fsp3) is 0.857. The molecule has 1 aliphatic rings. The summed E-state index contributed by atoms with van der Waals surface area (Å²) in [6.07, 6.45) is 4.61. The van der Waals surface area contributed by atoms with Crippen LogP contribution in [0.15, 0.2) is 0 Å². The SMILES string of the molecule is CCCC(=O)OC(OC(=O)C(C)C)C1CCCC1. The van der Waals surface area contributed by atoms with Gasteiger partial charge in [0.15, 0.2) is 0 Å². The zero-order valence-corrected chi connectivity index (χ0v) is 11.6. The summed E-state index contributed by atoms with van der Waals surface area (Å²) in [4.78, 5) is 23.2. The highest BCUT2D eigenvalue weighted by Gasteiger charge is 2.31. The summed E-state index contributed by atoms with van der Waals surface area (Å²) in [5, 5.41) is 0. The normalized spacial score (nSPS) is 17.8. The molecule has 0 saturated heterocycles. The molecule has 0 aromatic carbocycles. The highest BCUT2D eigenvalue weighted by molar-refractivity contribution is 5.72. The van der Waals surface area contributed by atoms with E-state index in [1.165, 1.54) is 0 Å². The van der Waals surface area contributed by atoms with Crippen molar-refractivity contribution in [1.29, 1.82) is 0 Å². The maximum Gasteiger partial charge on any atom is 0.311 e. The molecule has 1 saturated carbocycles. The molecule has 0 amide bonds. The molecule has 1 unspecified atom stereocenters. The highest BCUT2D eigenvalue weighted by atomic mass is 16.7. The minimum absolute atomic E-state index is 0.175. The quantitative estimate of drug-likeness (QED) is 0.541. The summed E-state index contributed by atoms with van der Waals surface area (Å²) in [5.74, 6) is -0.588. The Morgan fingerprint density at radius 2 is 1.78 bits per heavy atom. The molecule has 0 spiro atoms. The largest absolute Gasteiger partial charge is 0.425 e. The van der Waals surface area contributed by atoms with Gasteiger partial charge in [0.1, 0.15) is 0 Å². The first-order valence-electron chi connectivity index (χ1n) is 6.94. The van der Waals surface area contributed by atoms with E-state index in [0.29, 0.717) is 6.42 Å². The Labute approximate surface area is 109 Å². The molecule has 1 rings (SSSR count). The fourth-order valence-electron chi connectivity index (χ4n) is 2.09. The molecule has 1 atom stereocenters. The number of rotatable bonds is 6. The Balaban J connectivity index is 2.56. The Kier molecular flexibility index (Phi) is 6.16. The molecule has 104 valence electrons. The topological polar surface area (TPSA) is 52.6 Å². The third kappa shape index (κ3) is 4.67. The lowest BCUT2D eigenvalue weighted by Gasteiger charge is -2.24. The van der Waals surface area contributed by atoms with Crippen molar-refractivity contribution in [3.8, 4) is 0 Å². The number of hydrogen-bond donors (Lipinski definition) is 0. The summed E-state index contributed by atoms with van der Waals surface area (Å²) in [7, 11) is 0. The minimum atomic E-state index is -0.679. The van der Waals surface area contributed by atoms with Crippen LogP contribution in [0.4, 0.5) is 0 Å². The summed E-state index contributed by atoms with van der Waals surface area (Å²) >= 11 is 0. The number of carbonyl (C=O) groups excluding carboxylic acids is 2. The Hall–Kier alpha value is -1.06. The molecule has 0 aliphatic heterocycles. The third-order valence-electron chi connectivity index (χ3n) is 3.19. The summed E-state index contributed by atoms with van der Waals surface area (Å²) < 4.78 is 10.6. The summed E-state index contributed by atoms with van der Waals surface area (Å²) in [6, 6.07) is 0. The predicted octanol–water partition coefficient (Wildman–Crippen LogP) is 3.05. The first-order chi connectivity index (χ1) is 8.54. The van der Waals surface area contributed by atoms with E-state index < -0.39 is 6.29 Å². The van der Waals surface area contributed by atoms with E-state index >= 15 is 0 Å². The Morgan fingerprint density at radius 1 is 1.17 bits per heavy atom. The first kappa shape index (κ1) is 15.0. The van der Waals surface area contributed by atoms with Crippen LogP contribution in [0.25, 0.3) is 0 Å². The van der Waals surface area contributed by atoms with E-state index in [1.807, 2.05) is 6.92 Å². The first-order valence-corrected chi connectivity index (χ1v) is 6.94. The van der Waals surface area contributed by atoms with E-state index in [-0.39, 0.29) is 23.8 Å². The van der Waals surface area contributed by atoms with Crippen molar-refractivity contribution in [2.75, 3.05) is 0 Å². The summed E-state index contributed by atoms with van der Waals surface area (Å²) in [5.41, 5.74) is 0. The molecule has 0 aromatic rings. The van der Waals surface area contributed by atoms with Crippen LogP contribution in [0.5, 0.6) is 0 Å².